The molecule has 1 spiro atoms. The molecule has 17 heavy (non-hydrogen) atoms. The second kappa shape index (κ2) is 4.64. The molecule has 1 aliphatic carbocycles. The van der Waals surface area contributed by atoms with Gasteiger partial charge in [-0.2, -0.15) is 4.99 Å². The van der Waals surface area contributed by atoms with Crippen LogP contribution in [0.25, 0.3) is 0 Å². The summed E-state index contributed by atoms with van der Waals surface area (Å²) in [5, 5.41) is 0. The van der Waals surface area contributed by atoms with E-state index in [4.69, 9.17) is 10.5 Å². The van der Waals surface area contributed by atoms with E-state index in [1.165, 1.54) is 6.42 Å². The highest BCUT2D eigenvalue weighted by atomic mass is 16.5. The lowest BCUT2D eigenvalue weighted by molar-refractivity contribution is 0.0761. The van der Waals surface area contributed by atoms with Gasteiger partial charge in [-0.05, 0) is 18.8 Å². The second-order valence-electron chi connectivity index (χ2n) is 5.00. The van der Waals surface area contributed by atoms with E-state index in [9.17, 15) is 4.79 Å². The Bertz CT molecular complexity index is 343. The zero-order valence-electron chi connectivity index (χ0n) is 10.6. The van der Waals surface area contributed by atoms with E-state index in [0.29, 0.717) is 24.9 Å². The van der Waals surface area contributed by atoms with Crippen molar-refractivity contribution < 1.29 is 9.53 Å². The first-order valence-electron chi connectivity index (χ1n) is 6.28. The molecule has 1 heterocycles. The van der Waals surface area contributed by atoms with E-state index in [1.54, 1.807) is 7.11 Å². The highest BCUT2D eigenvalue weighted by Crippen LogP contribution is 2.41. The van der Waals surface area contributed by atoms with Gasteiger partial charge in [-0.1, -0.05) is 19.8 Å². The van der Waals surface area contributed by atoms with E-state index in [-0.39, 0.29) is 11.6 Å². The number of methoxy groups -OCH3 is 1. The molecule has 0 aromatic heterocycles. The van der Waals surface area contributed by atoms with Gasteiger partial charge < -0.3 is 15.4 Å². The third kappa shape index (κ3) is 1.82. The van der Waals surface area contributed by atoms with Crippen LogP contribution in [0.15, 0.2) is 4.99 Å². The third-order valence-corrected chi connectivity index (χ3v) is 4.15. The Morgan fingerprint density at radius 2 is 2.35 bits per heavy atom. The molecular weight excluding hydrogens is 218 g/mol. The molecule has 1 fully saturated rings. The first kappa shape index (κ1) is 12.4. The van der Waals surface area contributed by atoms with Crippen LogP contribution in [0.5, 0.6) is 0 Å². The lowest BCUT2D eigenvalue weighted by atomic mass is 9.72. The van der Waals surface area contributed by atoms with Crippen LogP contribution in [0.2, 0.25) is 0 Å². The van der Waals surface area contributed by atoms with E-state index in [1.807, 2.05) is 4.90 Å². The molecule has 2 amide bonds. The molecule has 1 aliphatic heterocycles. The minimum absolute atomic E-state index is 0.201. The number of carbonyl (C=O) groups is 1. The SMILES string of the molecule is COCCN1C(=O)N=C(N)C12CCCCC2C. The smallest absolute Gasteiger partial charge is 0.346 e. The predicted molar refractivity (Wildman–Crippen MR) is 66.0 cm³/mol. The molecule has 96 valence electrons. The van der Waals surface area contributed by atoms with Crippen molar-refractivity contribution in [3.8, 4) is 0 Å². The van der Waals surface area contributed by atoms with E-state index >= 15 is 0 Å². The van der Waals surface area contributed by atoms with Crippen LogP contribution in [-0.4, -0.2) is 42.6 Å². The average molecular weight is 239 g/mol. The molecule has 0 aromatic rings. The van der Waals surface area contributed by atoms with Crippen LogP contribution in [0, 0.1) is 5.92 Å². The van der Waals surface area contributed by atoms with Gasteiger partial charge in [0.25, 0.3) is 0 Å². The number of urea groups is 1. The quantitative estimate of drug-likeness (QED) is 0.809. The maximum absolute atomic E-state index is 11.9. The third-order valence-electron chi connectivity index (χ3n) is 4.15. The molecule has 0 radical (unpaired) electrons. The van der Waals surface area contributed by atoms with Crippen LogP contribution in [-0.2, 0) is 4.74 Å². The largest absolute Gasteiger partial charge is 0.385 e. The first-order valence-corrected chi connectivity index (χ1v) is 6.28. The number of ether oxygens (including phenoxy) is 1. The molecule has 1 saturated carbocycles. The predicted octanol–water partition coefficient (Wildman–Crippen LogP) is 1.37. The lowest BCUT2D eigenvalue weighted by Crippen LogP contribution is -2.60. The summed E-state index contributed by atoms with van der Waals surface area (Å²) in [6, 6.07) is -0.201. The van der Waals surface area contributed by atoms with E-state index in [0.717, 1.165) is 19.3 Å². The topological polar surface area (TPSA) is 67.9 Å². The summed E-state index contributed by atoms with van der Waals surface area (Å²) in [6.45, 7) is 3.27. The Labute approximate surface area is 102 Å². The Hall–Kier alpha value is -1.10. The number of hydrogen-bond acceptors (Lipinski definition) is 3. The lowest BCUT2D eigenvalue weighted by Gasteiger charge is -2.45. The van der Waals surface area contributed by atoms with Crippen molar-refractivity contribution in [1.82, 2.24) is 4.90 Å². The molecule has 2 unspecified atom stereocenters. The Kier molecular flexibility index (Phi) is 3.38. The van der Waals surface area contributed by atoms with Crippen LogP contribution >= 0.6 is 0 Å². The summed E-state index contributed by atoms with van der Waals surface area (Å²) in [4.78, 5) is 17.7. The van der Waals surface area contributed by atoms with Gasteiger partial charge in [-0.25, -0.2) is 4.79 Å². The minimum Gasteiger partial charge on any atom is -0.385 e. The summed E-state index contributed by atoms with van der Waals surface area (Å²) in [6.07, 6.45) is 4.35. The molecule has 2 N–H and O–H groups in total. The molecule has 5 nitrogen and oxygen atoms in total. The van der Waals surface area contributed by atoms with Gasteiger partial charge >= 0.3 is 6.03 Å². The number of aliphatic imine (C=N–C) groups is 1. The molecule has 0 bridgehead atoms. The van der Waals surface area contributed by atoms with Crippen LogP contribution in [0.4, 0.5) is 4.79 Å². The highest BCUT2D eigenvalue weighted by molar-refractivity contribution is 6.06. The molecule has 2 rings (SSSR count). The summed E-state index contributed by atoms with van der Waals surface area (Å²) in [7, 11) is 1.64. The molecule has 0 aromatic carbocycles. The molecule has 0 saturated heterocycles. The van der Waals surface area contributed by atoms with E-state index < -0.39 is 0 Å². The maximum Gasteiger partial charge on any atom is 0.346 e. The molecular formula is C12H21N3O2. The van der Waals surface area contributed by atoms with Gasteiger partial charge in [-0.3, -0.25) is 0 Å². The van der Waals surface area contributed by atoms with Crippen molar-refractivity contribution in [2.45, 2.75) is 38.1 Å². The Morgan fingerprint density at radius 1 is 1.59 bits per heavy atom. The van der Waals surface area contributed by atoms with Gasteiger partial charge in [0.2, 0.25) is 0 Å². The summed E-state index contributed by atoms with van der Waals surface area (Å²) >= 11 is 0. The van der Waals surface area contributed by atoms with Crippen molar-refractivity contribution in [3.63, 3.8) is 0 Å². The first-order chi connectivity index (χ1) is 8.13. The van der Waals surface area contributed by atoms with Crippen molar-refractivity contribution in [2.75, 3.05) is 20.3 Å². The fraction of sp³-hybridized carbons (Fsp3) is 0.833. The Balaban J connectivity index is 2.26. The van der Waals surface area contributed by atoms with Gasteiger partial charge in [0.15, 0.2) is 0 Å². The second-order valence-corrected chi connectivity index (χ2v) is 5.00. The fourth-order valence-electron chi connectivity index (χ4n) is 3.16. The number of amidine groups is 1. The molecule has 2 atom stereocenters. The van der Waals surface area contributed by atoms with Crippen LogP contribution in [0.3, 0.4) is 0 Å². The molecule has 2 aliphatic rings. The van der Waals surface area contributed by atoms with Gasteiger partial charge in [0, 0.05) is 13.7 Å². The summed E-state index contributed by atoms with van der Waals surface area (Å²) in [5.41, 5.74) is 5.69. The van der Waals surface area contributed by atoms with Crippen LogP contribution < -0.4 is 5.73 Å². The average Bonchev–Trinajstić information content (AvgIpc) is 2.53. The Morgan fingerprint density at radius 3 is 3.00 bits per heavy atom. The van der Waals surface area contributed by atoms with Crippen molar-refractivity contribution in [1.29, 1.82) is 0 Å². The van der Waals surface area contributed by atoms with Gasteiger partial charge in [0.1, 0.15) is 11.4 Å². The van der Waals surface area contributed by atoms with Gasteiger partial charge in [0.05, 0.1) is 6.61 Å². The highest BCUT2D eigenvalue weighted by Gasteiger charge is 2.52. The number of nitrogens with two attached hydrogens (primary N) is 1. The zero-order valence-corrected chi connectivity index (χ0v) is 10.6. The zero-order chi connectivity index (χ0) is 12.5. The fourth-order valence-corrected chi connectivity index (χ4v) is 3.16. The van der Waals surface area contributed by atoms with Gasteiger partial charge in [-0.15, -0.1) is 0 Å². The monoisotopic (exact) mass is 239 g/mol. The number of nitrogens with zero attached hydrogens (tertiary/aromatic N) is 2. The number of carbonyl (C=O) groups excluding carboxylic acids is 1. The standard InChI is InChI=1S/C12H21N3O2/c1-9-5-3-4-6-12(9)10(13)14-11(16)15(12)7-8-17-2/h9H,3-8H2,1-2H3,(H2,13,14,16). The molecule has 5 heteroatoms. The van der Waals surface area contributed by atoms with Crippen molar-refractivity contribution >= 4 is 11.9 Å². The number of rotatable bonds is 3. The van der Waals surface area contributed by atoms with Crippen molar-refractivity contribution in [3.05, 3.63) is 0 Å². The maximum atomic E-state index is 11.9. The summed E-state index contributed by atoms with van der Waals surface area (Å²) < 4.78 is 5.07. The van der Waals surface area contributed by atoms with Crippen molar-refractivity contribution in [2.24, 2.45) is 16.6 Å². The van der Waals surface area contributed by atoms with Crippen LogP contribution in [0.1, 0.15) is 32.6 Å². The summed E-state index contributed by atoms with van der Waals surface area (Å²) in [5.74, 6) is 0.883. The number of amides is 2. The normalized spacial score (nSPS) is 33.3. The number of hydrogen-bond donors (Lipinski definition) is 1. The minimum atomic E-state index is -0.339. The van der Waals surface area contributed by atoms with E-state index in [2.05, 4.69) is 11.9 Å².